The molecule has 0 heterocycles. The van der Waals surface area contributed by atoms with Gasteiger partial charge >= 0.3 is 0 Å². The van der Waals surface area contributed by atoms with Crippen LogP contribution in [-0.2, 0) is 4.79 Å². The fourth-order valence-electron chi connectivity index (χ4n) is 2.50. The first-order chi connectivity index (χ1) is 12.9. The lowest BCUT2D eigenvalue weighted by molar-refractivity contribution is -0.131. The molecule has 0 saturated carbocycles. The molecular formula is C19H31ClIN5O2. The van der Waals surface area contributed by atoms with Crippen molar-refractivity contribution < 1.29 is 9.59 Å². The standard InChI is InChI=1S/C19H30ClN5O2.HI/c1-5-21-19(24(4)14-17(26)25(6-2)7-3)23-13-12-22-18(27)15-10-8-9-11-16(15)20;/h8-11H,5-7,12-14H2,1-4H3,(H,21,23)(H,22,27);1H. The van der Waals surface area contributed by atoms with Gasteiger partial charge in [0.25, 0.3) is 5.91 Å². The highest BCUT2D eigenvalue weighted by molar-refractivity contribution is 14.0. The summed E-state index contributed by atoms with van der Waals surface area (Å²) in [5.41, 5.74) is 0.442. The number of nitrogens with one attached hydrogen (secondary N) is 2. The van der Waals surface area contributed by atoms with E-state index in [4.69, 9.17) is 11.6 Å². The summed E-state index contributed by atoms with van der Waals surface area (Å²) in [6.07, 6.45) is 0. The van der Waals surface area contributed by atoms with Gasteiger partial charge in [-0.15, -0.1) is 24.0 Å². The topological polar surface area (TPSA) is 77.0 Å². The van der Waals surface area contributed by atoms with Gasteiger partial charge in [0.05, 0.1) is 23.7 Å². The molecule has 0 aliphatic rings. The molecule has 2 N–H and O–H groups in total. The number of amides is 2. The lowest BCUT2D eigenvalue weighted by Crippen LogP contribution is -2.46. The summed E-state index contributed by atoms with van der Waals surface area (Å²) in [5.74, 6) is 0.455. The Labute approximate surface area is 189 Å². The average Bonchev–Trinajstić information content (AvgIpc) is 2.65. The Kier molecular flexibility index (Phi) is 13.6. The number of carbonyl (C=O) groups excluding carboxylic acids is 2. The van der Waals surface area contributed by atoms with Crippen LogP contribution in [0.5, 0.6) is 0 Å². The molecule has 0 atom stereocenters. The Morgan fingerprint density at radius 1 is 1.11 bits per heavy atom. The third-order valence-electron chi connectivity index (χ3n) is 3.96. The minimum atomic E-state index is -0.231. The monoisotopic (exact) mass is 523 g/mol. The van der Waals surface area contributed by atoms with Crippen LogP contribution >= 0.6 is 35.6 Å². The molecule has 0 aromatic heterocycles. The van der Waals surface area contributed by atoms with Crippen molar-refractivity contribution in [2.75, 3.05) is 46.3 Å². The highest BCUT2D eigenvalue weighted by Gasteiger charge is 2.15. The average molecular weight is 524 g/mol. The van der Waals surface area contributed by atoms with Crippen LogP contribution in [0.15, 0.2) is 29.3 Å². The van der Waals surface area contributed by atoms with Crippen molar-refractivity contribution >= 4 is 53.4 Å². The van der Waals surface area contributed by atoms with Crippen LogP contribution in [0, 0.1) is 0 Å². The molecule has 28 heavy (non-hydrogen) atoms. The zero-order valence-corrected chi connectivity index (χ0v) is 20.1. The number of rotatable bonds is 9. The molecular weight excluding hydrogens is 493 g/mol. The SMILES string of the molecule is CCNC(=NCCNC(=O)c1ccccc1Cl)N(C)CC(=O)N(CC)CC.I. The molecule has 0 fully saturated rings. The van der Waals surface area contributed by atoms with Gasteiger partial charge in [0.2, 0.25) is 5.91 Å². The Balaban J connectivity index is 0.00000729. The molecule has 2 amide bonds. The van der Waals surface area contributed by atoms with Crippen molar-refractivity contribution in [2.24, 2.45) is 4.99 Å². The van der Waals surface area contributed by atoms with E-state index in [-0.39, 0.29) is 42.3 Å². The molecule has 1 aromatic rings. The van der Waals surface area contributed by atoms with Gasteiger partial charge in [0.1, 0.15) is 0 Å². The van der Waals surface area contributed by atoms with Crippen LogP contribution in [0.4, 0.5) is 0 Å². The number of aliphatic imine (C=N–C) groups is 1. The van der Waals surface area contributed by atoms with Crippen molar-refractivity contribution in [2.45, 2.75) is 20.8 Å². The fraction of sp³-hybridized carbons (Fsp3) is 0.526. The third-order valence-corrected chi connectivity index (χ3v) is 4.29. The van der Waals surface area contributed by atoms with Gasteiger partial charge in [-0.25, -0.2) is 0 Å². The maximum Gasteiger partial charge on any atom is 0.252 e. The molecule has 0 saturated heterocycles. The van der Waals surface area contributed by atoms with E-state index in [1.54, 1.807) is 34.1 Å². The number of halogens is 2. The first-order valence-electron chi connectivity index (χ1n) is 9.24. The molecule has 9 heteroatoms. The number of hydrogen-bond acceptors (Lipinski definition) is 3. The molecule has 1 rings (SSSR count). The van der Waals surface area contributed by atoms with E-state index in [2.05, 4.69) is 15.6 Å². The fourth-order valence-corrected chi connectivity index (χ4v) is 2.72. The minimum Gasteiger partial charge on any atom is -0.357 e. The molecule has 1 aromatic carbocycles. The van der Waals surface area contributed by atoms with Crippen LogP contribution in [0.25, 0.3) is 0 Å². The van der Waals surface area contributed by atoms with Crippen molar-refractivity contribution in [3.8, 4) is 0 Å². The zero-order chi connectivity index (χ0) is 20.2. The van der Waals surface area contributed by atoms with Crippen LogP contribution in [0.2, 0.25) is 5.02 Å². The molecule has 0 aliphatic heterocycles. The maximum atomic E-state index is 12.3. The van der Waals surface area contributed by atoms with Gasteiger partial charge in [0, 0.05) is 33.2 Å². The summed E-state index contributed by atoms with van der Waals surface area (Å²) in [4.78, 5) is 32.5. The van der Waals surface area contributed by atoms with E-state index in [0.29, 0.717) is 49.3 Å². The summed E-state index contributed by atoms with van der Waals surface area (Å²) in [6, 6.07) is 6.91. The summed E-state index contributed by atoms with van der Waals surface area (Å²) in [5, 5.41) is 6.38. The number of nitrogens with zero attached hydrogens (tertiary/aromatic N) is 3. The largest absolute Gasteiger partial charge is 0.357 e. The molecule has 0 spiro atoms. The molecule has 158 valence electrons. The van der Waals surface area contributed by atoms with Crippen LogP contribution < -0.4 is 10.6 Å². The second-order valence-electron chi connectivity index (χ2n) is 5.89. The van der Waals surface area contributed by atoms with Gasteiger partial charge in [-0.2, -0.15) is 0 Å². The number of benzene rings is 1. The Hall–Kier alpha value is -1.55. The van der Waals surface area contributed by atoms with E-state index >= 15 is 0 Å². The smallest absolute Gasteiger partial charge is 0.252 e. The summed E-state index contributed by atoms with van der Waals surface area (Å²) < 4.78 is 0. The Morgan fingerprint density at radius 2 is 1.75 bits per heavy atom. The summed E-state index contributed by atoms with van der Waals surface area (Å²) >= 11 is 6.02. The first kappa shape index (κ1) is 26.4. The lowest BCUT2D eigenvalue weighted by Gasteiger charge is -2.25. The summed E-state index contributed by atoms with van der Waals surface area (Å²) in [6.45, 7) is 8.96. The van der Waals surface area contributed by atoms with Crippen LogP contribution in [-0.4, -0.2) is 73.9 Å². The van der Waals surface area contributed by atoms with Gasteiger partial charge in [-0.3, -0.25) is 14.6 Å². The second kappa shape index (κ2) is 14.4. The number of carbonyl (C=O) groups is 2. The van der Waals surface area contributed by atoms with Gasteiger partial charge in [0.15, 0.2) is 5.96 Å². The predicted octanol–water partition coefficient (Wildman–Crippen LogP) is 2.45. The Morgan fingerprint density at radius 3 is 2.32 bits per heavy atom. The molecule has 0 bridgehead atoms. The normalized spacial score (nSPS) is 10.7. The van der Waals surface area contributed by atoms with E-state index in [9.17, 15) is 9.59 Å². The van der Waals surface area contributed by atoms with Crippen molar-refractivity contribution in [1.29, 1.82) is 0 Å². The maximum absolute atomic E-state index is 12.3. The third kappa shape index (κ3) is 8.64. The highest BCUT2D eigenvalue weighted by Crippen LogP contribution is 2.14. The van der Waals surface area contributed by atoms with Gasteiger partial charge in [-0.05, 0) is 32.9 Å². The van der Waals surface area contributed by atoms with Crippen LogP contribution in [0.3, 0.4) is 0 Å². The Bertz CT molecular complexity index is 653. The molecule has 7 nitrogen and oxygen atoms in total. The first-order valence-corrected chi connectivity index (χ1v) is 9.62. The van der Waals surface area contributed by atoms with Gasteiger partial charge in [-0.1, -0.05) is 23.7 Å². The van der Waals surface area contributed by atoms with Crippen LogP contribution in [0.1, 0.15) is 31.1 Å². The number of hydrogen-bond donors (Lipinski definition) is 2. The zero-order valence-electron chi connectivity index (χ0n) is 17.0. The minimum absolute atomic E-state index is 0. The predicted molar refractivity (Wildman–Crippen MR) is 126 cm³/mol. The molecule has 0 aliphatic carbocycles. The summed E-state index contributed by atoms with van der Waals surface area (Å²) in [7, 11) is 1.82. The number of guanidine groups is 1. The van der Waals surface area contributed by atoms with E-state index in [1.165, 1.54) is 0 Å². The molecule has 0 radical (unpaired) electrons. The highest BCUT2D eigenvalue weighted by atomic mass is 127. The van der Waals surface area contributed by atoms with E-state index in [0.717, 1.165) is 0 Å². The quantitative estimate of drug-likeness (QED) is 0.226. The van der Waals surface area contributed by atoms with E-state index in [1.807, 2.05) is 27.8 Å². The van der Waals surface area contributed by atoms with Crippen molar-refractivity contribution in [3.63, 3.8) is 0 Å². The van der Waals surface area contributed by atoms with Crippen molar-refractivity contribution in [3.05, 3.63) is 34.9 Å². The van der Waals surface area contributed by atoms with Crippen molar-refractivity contribution in [1.82, 2.24) is 20.4 Å². The number of likely N-dealkylation sites (N-methyl/N-ethyl adjacent to an activating group) is 2. The van der Waals surface area contributed by atoms with E-state index < -0.39 is 0 Å². The van der Waals surface area contributed by atoms with Gasteiger partial charge < -0.3 is 20.4 Å². The second-order valence-corrected chi connectivity index (χ2v) is 6.30. The lowest BCUT2D eigenvalue weighted by atomic mass is 10.2. The molecule has 0 unspecified atom stereocenters.